The van der Waals surface area contributed by atoms with Crippen molar-refractivity contribution < 1.29 is 9.66 Å². The molecule has 5 nitrogen and oxygen atoms in total. The van der Waals surface area contributed by atoms with Crippen molar-refractivity contribution in [3.05, 3.63) is 39.9 Å². The minimum atomic E-state index is -0.366. The molecule has 104 valence electrons. The molecule has 0 aliphatic carbocycles. The van der Waals surface area contributed by atoms with Crippen molar-refractivity contribution in [3.63, 3.8) is 0 Å². The van der Waals surface area contributed by atoms with Crippen LogP contribution in [0.15, 0.2) is 24.3 Å². The van der Waals surface area contributed by atoms with Gasteiger partial charge in [0.15, 0.2) is 0 Å². The van der Waals surface area contributed by atoms with Crippen LogP contribution in [0.1, 0.15) is 25.3 Å². The average molecular weight is 264 g/mol. The fourth-order valence-electron chi connectivity index (χ4n) is 2.69. The molecule has 0 amide bonds. The predicted molar refractivity (Wildman–Crippen MR) is 73.0 cm³/mol. The molecule has 1 aromatic carbocycles. The number of hydrogen-bond donors (Lipinski definition) is 0. The topological polar surface area (TPSA) is 55.6 Å². The Morgan fingerprint density at radius 1 is 1.47 bits per heavy atom. The first-order valence-corrected chi connectivity index (χ1v) is 6.62. The summed E-state index contributed by atoms with van der Waals surface area (Å²) in [5.74, 6) is 0. The zero-order chi connectivity index (χ0) is 13.8. The van der Waals surface area contributed by atoms with Gasteiger partial charge in [-0.05, 0) is 31.9 Å². The van der Waals surface area contributed by atoms with Gasteiger partial charge in [0.05, 0.1) is 11.0 Å². The number of ether oxygens (including phenoxy) is 1. The fraction of sp³-hybridized carbons (Fsp3) is 0.571. The van der Waals surface area contributed by atoms with Crippen LogP contribution in [0.5, 0.6) is 0 Å². The number of benzene rings is 1. The summed E-state index contributed by atoms with van der Waals surface area (Å²) in [6.45, 7) is 3.99. The van der Waals surface area contributed by atoms with Crippen LogP contribution in [0, 0.1) is 10.1 Å². The van der Waals surface area contributed by atoms with Crippen LogP contribution in [0.3, 0.4) is 0 Å². The van der Waals surface area contributed by atoms with Gasteiger partial charge in [-0.1, -0.05) is 12.1 Å². The molecule has 5 heteroatoms. The van der Waals surface area contributed by atoms with Gasteiger partial charge in [-0.3, -0.25) is 15.0 Å². The SMILES string of the molecule is CO[C@H](C)[C@H]1CCCN1Cc1ccc([N+](=O)[O-])cc1. The van der Waals surface area contributed by atoms with Crippen LogP contribution < -0.4 is 0 Å². The fourth-order valence-corrected chi connectivity index (χ4v) is 2.69. The zero-order valence-corrected chi connectivity index (χ0v) is 11.4. The normalized spacial score (nSPS) is 21.5. The molecule has 1 aliphatic heterocycles. The van der Waals surface area contributed by atoms with Crippen LogP contribution in [0.4, 0.5) is 5.69 Å². The van der Waals surface area contributed by atoms with Gasteiger partial charge in [-0.15, -0.1) is 0 Å². The van der Waals surface area contributed by atoms with E-state index in [9.17, 15) is 10.1 Å². The first-order valence-electron chi connectivity index (χ1n) is 6.62. The summed E-state index contributed by atoms with van der Waals surface area (Å²) >= 11 is 0. The number of hydrogen-bond acceptors (Lipinski definition) is 4. The molecule has 1 fully saturated rings. The Morgan fingerprint density at radius 3 is 2.74 bits per heavy atom. The van der Waals surface area contributed by atoms with Gasteiger partial charge >= 0.3 is 0 Å². The van der Waals surface area contributed by atoms with Crippen LogP contribution in [0.25, 0.3) is 0 Å². The summed E-state index contributed by atoms with van der Waals surface area (Å²) in [5.41, 5.74) is 1.26. The summed E-state index contributed by atoms with van der Waals surface area (Å²) in [4.78, 5) is 12.6. The molecule has 19 heavy (non-hydrogen) atoms. The average Bonchev–Trinajstić information content (AvgIpc) is 2.86. The highest BCUT2D eigenvalue weighted by Gasteiger charge is 2.29. The van der Waals surface area contributed by atoms with Gasteiger partial charge in [-0.2, -0.15) is 0 Å². The standard InChI is InChI=1S/C14H20N2O3/c1-11(19-2)14-4-3-9-15(14)10-12-5-7-13(8-6-12)16(17)18/h5-8,11,14H,3-4,9-10H2,1-2H3/t11-,14-/m1/s1. The van der Waals surface area contributed by atoms with Crippen LogP contribution >= 0.6 is 0 Å². The lowest BCUT2D eigenvalue weighted by Crippen LogP contribution is -2.37. The predicted octanol–water partition coefficient (Wildman–Crippen LogP) is 2.59. The monoisotopic (exact) mass is 264 g/mol. The van der Waals surface area contributed by atoms with Crippen LogP contribution in [0.2, 0.25) is 0 Å². The highest BCUT2D eigenvalue weighted by atomic mass is 16.6. The van der Waals surface area contributed by atoms with E-state index in [1.54, 1.807) is 19.2 Å². The molecule has 2 rings (SSSR count). The number of nitro groups is 1. The molecule has 1 heterocycles. The van der Waals surface area contributed by atoms with Crippen molar-refractivity contribution >= 4 is 5.69 Å². The maximum atomic E-state index is 10.6. The molecule has 0 unspecified atom stereocenters. The lowest BCUT2D eigenvalue weighted by molar-refractivity contribution is -0.384. The Balaban J connectivity index is 2.02. The van der Waals surface area contributed by atoms with Gasteiger partial charge in [0.25, 0.3) is 5.69 Å². The largest absolute Gasteiger partial charge is 0.380 e. The van der Waals surface area contributed by atoms with Crippen molar-refractivity contribution in [1.82, 2.24) is 4.90 Å². The second-order valence-corrected chi connectivity index (χ2v) is 5.04. The van der Waals surface area contributed by atoms with Gasteiger partial charge in [0.2, 0.25) is 0 Å². The molecular weight excluding hydrogens is 244 g/mol. The molecule has 0 bridgehead atoms. The molecule has 1 aliphatic rings. The summed E-state index contributed by atoms with van der Waals surface area (Å²) in [6, 6.07) is 7.26. The summed E-state index contributed by atoms with van der Waals surface area (Å²) in [7, 11) is 1.74. The number of methoxy groups -OCH3 is 1. The van der Waals surface area contributed by atoms with Gasteiger partial charge in [0.1, 0.15) is 0 Å². The quantitative estimate of drug-likeness (QED) is 0.606. The molecule has 0 radical (unpaired) electrons. The van der Waals surface area contributed by atoms with E-state index in [0.29, 0.717) is 6.04 Å². The Bertz CT molecular complexity index is 433. The molecule has 1 saturated heterocycles. The molecule has 0 aromatic heterocycles. The Morgan fingerprint density at radius 2 is 2.16 bits per heavy atom. The van der Waals surface area contributed by atoms with E-state index < -0.39 is 0 Å². The Hall–Kier alpha value is -1.46. The van der Waals surface area contributed by atoms with E-state index in [1.807, 2.05) is 12.1 Å². The summed E-state index contributed by atoms with van der Waals surface area (Å²) < 4.78 is 5.42. The van der Waals surface area contributed by atoms with E-state index in [0.717, 1.165) is 25.1 Å². The molecular formula is C14H20N2O3. The third kappa shape index (κ3) is 3.30. The van der Waals surface area contributed by atoms with Crippen molar-refractivity contribution in [1.29, 1.82) is 0 Å². The molecule has 0 spiro atoms. The second-order valence-electron chi connectivity index (χ2n) is 5.04. The minimum absolute atomic E-state index is 0.145. The van der Waals surface area contributed by atoms with Crippen molar-refractivity contribution in [2.75, 3.05) is 13.7 Å². The van der Waals surface area contributed by atoms with E-state index >= 15 is 0 Å². The van der Waals surface area contributed by atoms with E-state index in [4.69, 9.17) is 4.74 Å². The maximum Gasteiger partial charge on any atom is 0.269 e. The Kier molecular flexibility index (Phi) is 4.50. The zero-order valence-electron chi connectivity index (χ0n) is 11.4. The van der Waals surface area contributed by atoms with Gasteiger partial charge in [-0.25, -0.2) is 0 Å². The van der Waals surface area contributed by atoms with Crippen molar-refractivity contribution in [3.8, 4) is 0 Å². The van der Waals surface area contributed by atoms with E-state index in [-0.39, 0.29) is 16.7 Å². The van der Waals surface area contributed by atoms with E-state index in [2.05, 4.69) is 11.8 Å². The number of non-ortho nitro benzene ring substituents is 1. The molecule has 0 saturated carbocycles. The summed E-state index contributed by atoms with van der Waals surface area (Å²) in [6.07, 6.45) is 2.56. The number of nitrogens with zero attached hydrogens (tertiary/aromatic N) is 2. The van der Waals surface area contributed by atoms with E-state index in [1.165, 1.54) is 6.42 Å². The van der Waals surface area contributed by atoms with Gasteiger partial charge < -0.3 is 4.74 Å². The van der Waals surface area contributed by atoms with Gasteiger partial charge in [0, 0.05) is 31.8 Å². The number of rotatable bonds is 5. The highest BCUT2D eigenvalue weighted by molar-refractivity contribution is 5.32. The van der Waals surface area contributed by atoms with Crippen LogP contribution in [-0.4, -0.2) is 35.6 Å². The highest BCUT2D eigenvalue weighted by Crippen LogP contribution is 2.24. The number of nitro benzene ring substituents is 1. The lowest BCUT2D eigenvalue weighted by Gasteiger charge is -2.28. The molecule has 1 aromatic rings. The second kappa shape index (κ2) is 6.12. The third-order valence-corrected chi connectivity index (χ3v) is 3.86. The van der Waals surface area contributed by atoms with Crippen molar-refractivity contribution in [2.24, 2.45) is 0 Å². The Labute approximate surface area is 113 Å². The molecule has 0 N–H and O–H groups in total. The smallest absolute Gasteiger partial charge is 0.269 e. The first-order chi connectivity index (χ1) is 9.11. The first kappa shape index (κ1) is 14.0. The number of likely N-dealkylation sites (tertiary alicyclic amines) is 1. The minimum Gasteiger partial charge on any atom is -0.380 e. The van der Waals surface area contributed by atoms with Crippen LogP contribution in [-0.2, 0) is 11.3 Å². The lowest BCUT2D eigenvalue weighted by atomic mass is 10.1. The molecule has 2 atom stereocenters. The maximum absolute atomic E-state index is 10.6. The van der Waals surface area contributed by atoms with Crippen molar-refractivity contribution in [2.45, 2.75) is 38.5 Å². The third-order valence-electron chi connectivity index (χ3n) is 3.86. The summed E-state index contributed by atoms with van der Waals surface area (Å²) in [5, 5.41) is 10.6.